The van der Waals surface area contributed by atoms with Gasteiger partial charge in [-0.15, -0.1) is 0 Å². The molecule has 0 bridgehead atoms. The van der Waals surface area contributed by atoms with Crippen LogP contribution in [0.5, 0.6) is 5.75 Å². The van der Waals surface area contributed by atoms with Crippen molar-refractivity contribution in [1.29, 1.82) is 0 Å². The highest BCUT2D eigenvalue weighted by Crippen LogP contribution is 2.22. The van der Waals surface area contributed by atoms with E-state index in [0.29, 0.717) is 12.4 Å². The lowest BCUT2D eigenvalue weighted by atomic mass is 10.1. The standard InChI is InChI=1S/C26H25FN2O5/c27-23-7-2-1-5-19(23)13-25(31)29-15-21(30)14-24(29)26(32)34-16-18-8-10-22(11-9-18)33-17-20-6-3-4-12-28-20/h1-12,21,24,30H,13-17H2. The van der Waals surface area contributed by atoms with Gasteiger partial charge in [-0.3, -0.25) is 9.78 Å². The van der Waals surface area contributed by atoms with Crippen LogP contribution in [0.3, 0.4) is 0 Å². The summed E-state index contributed by atoms with van der Waals surface area (Å²) in [4.78, 5) is 30.9. The van der Waals surface area contributed by atoms with Crippen LogP contribution in [0.15, 0.2) is 72.9 Å². The number of nitrogens with zero attached hydrogens (tertiary/aromatic N) is 2. The summed E-state index contributed by atoms with van der Waals surface area (Å²) in [6.45, 7) is 0.368. The molecule has 2 aromatic carbocycles. The fourth-order valence-electron chi connectivity index (χ4n) is 3.79. The molecule has 0 saturated carbocycles. The maximum absolute atomic E-state index is 13.9. The molecule has 176 valence electrons. The average Bonchev–Trinajstić information content (AvgIpc) is 3.26. The normalized spacial score (nSPS) is 17.4. The van der Waals surface area contributed by atoms with Crippen LogP contribution in [-0.2, 0) is 34.0 Å². The lowest BCUT2D eigenvalue weighted by Gasteiger charge is -2.23. The molecule has 1 N–H and O–H groups in total. The van der Waals surface area contributed by atoms with Gasteiger partial charge in [-0.1, -0.05) is 36.4 Å². The van der Waals surface area contributed by atoms with Crippen LogP contribution in [0.1, 0.15) is 23.2 Å². The summed E-state index contributed by atoms with van der Waals surface area (Å²) < 4.78 is 25.0. The molecule has 2 atom stereocenters. The molecule has 1 saturated heterocycles. The van der Waals surface area contributed by atoms with Gasteiger partial charge in [0.25, 0.3) is 0 Å². The van der Waals surface area contributed by atoms with Crippen molar-refractivity contribution in [2.24, 2.45) is 0 Å². The van der Waals surface area contributed by atoms with E-state index < -0.39 is 29.8 Å². The molecule has 0 spiro atoms. The Hall–Kier alpha value is -3.78. The fourth-order valence-corrected chi connectivity index (χ4v) is 3.79. The summed E-state index contributed by atoms with van der Waals surface area (Å²) in [6, 6.07) is 17.8. The zero-order valence-corrected chi connectivity index (χ0v) is 18.5. The zero-order chi connectivity index (χ0) is 23.9. The number of aromatic nitrogens is 1. The molecule has 2 heterocycles. The largest absolute Gasteiger partial charge is 0.487 e. The van der Waals surface area contributed by atoms with E-state index >= 15 is 0 Å². The van der Waals surface area contributed by atoms with Gasteiger partial charge in [0.15, 0.2) is 0 Å². The SMILES string of the molecule is O=C(OCc1ccc(OCc2ccccn2)cc1)C1CC(O)CN1C(=O)Cc1ccccc1F. The highest BCUT2D eigenvalue weighted by Gasteiger charge is 2.39. The minimum atomic E-state index is -0.907. The molecule has 3 aromatic rings. The molecular weight excluding hydrogens is 439 g/mol. The number of aliphatic hydroxyl groups excluding tert-OH is 1. The Morgan fingerprint density at radius 1 is 1.03 bits per heavy atom. The second-order valence-electron chi connectivity index (χ2n) is 8.08. The van der Waals surface area contributed by atoms with Crippen LogP contribution >= 0.6 is 0 Å². The fraction of sp³-hybridized carbons (Fsp3) is 0.269. The number of hydrogen-bond donors (Lipinski definition) is 1. The Morgan fingerprint density at radius 3 is 2.53 bits per heavy atom. The van der Waals surface area contributed by atoms with Gasteiger partial charge in [0, 0.05) is 19.2 Å². The van der Waals surface area contributed by atoms with Crippen molar-refractivity contribution in [2.45, 2.75) is 38.2 Å². The van der Waals surface area contributed by atoms with Crippen molar-refractivity contribution >= 4 is 11.9 Å². The third-order valence-corrected chi connectivity index (χ3v) is 5.59. The molecule has 0 aliphatic carbocycles. The van der Waals surface area contributed by atoms with Crippen LogP contribution in [0.4, 0.5) is 4.39 Å². The van der Waals surface area contributed by atoms with E-state index in [-0.39, 0.29) is 31.6 Å². The lowest BCUT2D eigenvalue weighted by Crippen LogP contribution is -2.42. The summed E-state index contributed by atoms with van der Waals surface area (Å²) in [5.74, 6) is -0.862. The smallest absolute Gasteiger partial charge is 0.329 e. The Balaban J connectivity index is 1.30. The van der Waals surface area contributed by atoms with E-state index in [1.165, 1.54) is 17.0 Å². The van der Waals surface area contributed by atoms with Gasteiger partial charge in [-0.25, -0.2) is 9.18 Å². The third-order valence-electron chi connectivity index (χ3n) is 5.59. The third kappa shape index (κ3) is 5.96. The number of carbonyl (C=O) groups excluding carboxylic acids is 2. The number of benzene rings is 2. The Bertz CT molecular complexity index is 1120. The van der Waals surface area contributed by atoms with Crippen molar-refractivity contribution in [3.8, 4) is 5.75 Å². The van der Waals surface area contributed by atoms with Crippen molar-refractivity contribution < 1.29 is 28.6 Å². The molecule has 7 nitrogen and oxygen atoms in total. The maximum atomic E-state index is 13.9. The highest BCUT2D eigenvalue weighted by molar-refractivity contribution is 5.86. The first kappa shape index (κ1) is 23.4. The number of likely N-dealkylation sites (tertiary alicyclic amines) is 1. The average molecular weight is 464 g/mol. The molecule has 4 rings (SSSR count). The van der Waals surface area contributed by atoms with Crippen LogP contribution < -0.4 is 4.74 Å². The lowest BCUT2D eigenvalue weighted by molar-refractivity contribution is -0.154. The van der Waals surface area contributed by atoms with Crippen LogP contribution in [0.25, 0.3) is 0 Å². The summed E-state index contributed by atoms with van der Waals surface area (Å²) in [6.07, 6.45) is 0.761. The Kier molecular flexibility index (Phi) is 7.49. The van der Waals surface area contributed by atoms with E-state index in [0.717, 1.165) is 11.3 Å². The first-order chi connectivity index (χ1) is 16.5. The minimum absolute atomic E-state index is 0.00929. The van der Waals surface area contributed by atoms with Crippen LogP contribution in [0, 0.1) is 5.82 Å². The molecule has 0 radical (unpaired) electrons. The van der Waals surface area contributed by atoms with Crippen LogP contribution in [-0.4, -0.2) is 45.6 Å². The number of pyridine rings is 1. The molecule has 8 heteroatoms. The highest BCUT2D eigenvalue weighted by atomic mass is 19.1. The minimum Gasteiger partial charge on any atom is -0.487 e. The van der Waals surface area contributed by atoms with E-state index in [1.54, 1.807) is 42.6 Å². The Labute approximate surface area is 196 Å². The summed E-state index contributed by atoms with van der Waals surface area (Å²) in [5.41, 5.74) is 1.81. The summed E-state index contributed by atoms with van der Waals surface area (Å²) in [5, 5.41) is 10.0. The van der Waals surface area contributed by atoms with Crippen molar-refractivity contribution in [1.82, 2.24) is 9.88 Å². The van der Waals surface area contributed by atoms with Crippen molar-refractivity contribution in [3.05, 3.63) is 95.6 Å². The number of halogens is 1. The van der Waals surface area contributed by atoms with Gasteiger partial charge >= 0.3 is 5.97 Å². The molecule has 1 aliphatic heterocycles. The number of rotatable bonds is 8. The zero-order valence-electron chi connectivity index (χ0n) is 18.5. The number of esters is 1. The van der Waals surface area contributed by atoms with E-state index in [4.69, 9.17) is 9.47 Å². The maximum Gasteiger partial charge on any atom is 0.329 e. The first-order valence-electron chi connectivity index (χ1n) is 11.0. The topological polar surface area (TPSA) is 89.0 Å². The number of ether oxygens (including phenoxy) is 2. The first-order valence-corrected chi connectivity index (χ1v) is 11.0. The monoisotopic (exact) mass is 464 g/mol. The second kappa shape index (κ2) is 10.9. The van der Waals surface area contributed by atoms with E-state index in [2.05, 4.69) is 4.98 Å². The van der Waals surface area contributed by atoms with E-state index in [9.17, 15) is 19.1 Å². The number of hydrogen-bond acceptors (Lipinski definition) is 6. The predicted octanol–water partition coefficient (Wildman–Crippen LogP) is 3.05. The van der Waals surface area contributed by atoms with Gasteiger partial charge in [0.1, 0.15) is 30.8 Å². The second-order valence-corrected chi connectivity index (χ2v) is 8.08. The number of β-amino-alcohol motifs (C(OH)–C–C–N with tert-alkyl or cyclic N) is 1. The molecule has 1 aliphatic rings. The van der Waals surface area contributed by atoms with Gasteiger partial charge in [-0.05, 0) is 41.5 Å². The summed E-state index contributed by atoms with van der Waals surface area (Å²) in [7, 11) is 0. The molecule has 2 unspecified atom stereocenters. The predicted molar refractivity (Wildman–Crippen MR) is 121 cm³/mol. The Morgan fingerprint density at radius 2 is 1.79 bits per heavy atom. The molecule has 1 aromatic heterocycles. The van der Waals surface area contributed by atoms with Crippen LogP contribution in [0.2, 0.25) is 0 Å². The number of carbonyl (C=O) groups is 2. The molecule has 34 heavy (non-hydrogen) atoms. The van der Waals surface area contributed by atoms with Crippen molar-refractivity contribution in [3.63, 3.8) is 0 Å². The molecular formula is C26H25FN2O5. The van der Waals surface area contributed by atoms with Crippen molar-refractivity contribution in [2.75, 3.05) is 6.54 Å². The molecule has 1 amide bonds. The number of aliphatic hydroxyl groups is 1. The molecule has 1 fully saturated rings. The summed E-state index contributed by atoms with van der Waals surface area (Å²) >= 11 is 0. The van der Waals surface area contributed by atoms with Gasteiger partial charge in [-0.2, -0.15) is 0 Å². The van der Waals surface area contributed by atoms with Gasteiger partial charge in [0.2, 0.25) is 5.91 Å². The van der Waals surface area contributed by atoms with Gasteiger partial charge < -0.3 is 19.5 Å². The van der Waals surface area contributed by atoms with E-state index in [1.807, 2.05) is 18.2 Å². The number of amides is 1. The quantitative estimate of drug-likeness (QED) is 0.516. The van der Waals surface area contributed by atoms with Gasteiger partial charge in [0.05, 0.1) is 18.2 Å².